The van der Waals surface area contributed by atoms with Gasteiger partial charge < -0.3 is 19.9 Å². The SMILES string of the molecule is CNC(=O)c1cc(OC)c(OC)cc1C(=O)O. The van der Waals surface area contributed by atoms with Gasteiger partial charge in [0.05, 0.1) is 25.3 Å². The predicted molar refractivity (Wildman–Crippen MR) is 59.9 cm³/mol. The van der Waals surface area contributed by atoms with Gasteiger partial charge in [-0.1, -0.05) is 0 Å². The quantitative estimate of drug-likeness (QED) is 0.810. The second-order valence-electron chi connectivity index (χ2n) is 3.14. The van der Waals surface area contributed by atoms with E-state index in [0.29, 0.717) is 5.75 Å². The molecule has 0 bridgehead atoms. The molecule has 0 aliphatic heterocycles. The zero-order valence-electron chi connectivity index (χ0n) is 9.73. The summed E-state index contributed by atoms with van der Waals surface area (Å²) in [6.45, 7) is 0. The molecule has 0 unspecified atom stereocenters. The van der Waals surface area contributed by atoms with Crippen LogP contribution >= 0.6 is 0 Å². The summed E-state index contributed by atoms with van der Waals surface area (Å²) in [5, 5.41) is 11.4. The summed E-state index contributed by atoms with van der Waals surface area (Å²) in [6.07, 6.45) is 0. The van der Waals surface area contributed by atoms with Crippen LogP contribution in [0.2, 0.25) is 0 Å². The van der Waals surface area contributed by atoms with Crippen LogP contribution in [0.5, 0.6) is 11.5 Å². The molecule has 1 amide bonds. The Labute approximate surface area is 98.2 Å². The van der Waals surface area contributed by atoms with Crippen LogP contribution in [-0.2, 0) is 0 Å². The number of rotatable bonds is 4. The molecule has 0 aliphatic carbocycles. The molecule has 0 atom stereocenters. The Morgan fingerprint density at radius 3 is 1.94 bits per heavy atom. The van der Waals surface area contributed by atoms with Crippen molar-refractivity contribution in [3.8, 4) is 11.5 Å². The first-order valence-electron chi connectivity index (χ1n) is 4.76. The van der Waals surface area contributed by atoms with Crippen molar-refractivity contribution in [3.05, 3.63) is 23.3 Å². The predicted octanol–water partition coefficient (Wildman–Crippen LogP) is 0.762. The number of carbonyl (C=O) groups is 2. The Balaban J connectivity index is 3.45. The number of methoxy groups -OCH3 is 2. The van der Waals surface area contributed by atoms with Gasteiger partial charge in [-0.05, 0) is 12.1 Å². The van der Waals surface area contributed by atoms with E-state index in [2.05, 4.69) is 5.32 Å². The average Bonchev–Trinajstić information content (AvgIpc) is 2.35. The standard InChI is InChI=1S/C11H13NO5/c1-12-10(13)6-4-8(16-2)9(17-3)5-7(6)11(14)15/h4-5H,1-3H3,(H,12,13)(H,14,15). The van der Waals surface area contributed by atoms with Gasteiger partial charge in [0, 0.05) is 7.05 Å². The second-order valence-corrected chi connectivity index (χ2v) is 3.14. The largest absolute Gasteiger partial charge is 0.493 e. The zero-order chi connectivity index (χ0) is 13.0. The maximum atomic E-state index is 11.5. The van der Waals surface area contributed by atoms with Crippen LogP contribution in [0.15, 0.2) is 12.1 Å². The smallest absolute Gasteiger partial charge is 0.336 e. The Morgan fingerprint density at radius 2 is 1.59 bits per heavy atom. The summed E-state index contributed by atoms with van der Waals surface area (Å²) >= 11 is 0. The maximum absolute atomic E-state index is 11.5. The number of nitrogens with one attached hydrogen (secondary N) is 1. The zero-order valence-corrected chi connectivity index (χ0v) is 9.73. The first-order valence-corrected chi connectivity index (χ1v) is 4.76. The summed E-state index contributed by atoms with van der Waals surface area (Å²) < 4.78 is 9.98. The fraction of sp³-hybridized carbons (Fsp3) is 0.273. The fourth-order valence-electron chi connectivity index (χ4n) is 1.38. The topological polar surface area (TPSA) is 84.9 Å². The van der Waals surface area contributed by atoms with Crippen molar-refractivity contribution in [2.75, 3.05) is 21.3 Å². The number of carboxylic acids is 1. The van der Waals surface area contributed by atoms with Crippen molar-refractivity contribution in [2.45, 2.75) is 0 Å². The molecule has 1 aromatic rings. The van der Waals surface area contributed by atoms with Gasteiger partial charge in [-0.25, -0.2) is 4.79 Å². The molecule has 1 aromatic carbocycles. The first kappa shape index (κ1) is 12.8. The molecule has 0 saturated carbocycles. The number of amides is 1. The molecule has 2 N–H and O–H groups in total. The van der Waals surface area contributed by atoms with E-state index in [-0.39, 0.29) is 16.9 Å². The lowest BCUT2D eigenvalue weighted by molar-refractivity contribution is 0.0690. The van der Waals surface area contributed by atoms with Crippen LogP contribution < -0.4 is 14.8 Å². The minimum Gasteiger partial charge on any atom is -0.493 e. The van der Waals surface area contributed by atoms with Gasteiger partial charge >= 0.3 is 5.97 Å². The van der Waals surface area contributed by atoms with Crippen LogP contribution in [-0.4, -0.2) is 38.3 Å². The molecular weight excluding hydrogens is 226 g/mol. The summed E-state index contributed by atoms with van der Waals surface area (Å²) in [5.74, 6) is -1.14. The normalized spacial score (nSPS) is 9.59. The Hall–Kier alpha value is -2.24. The summed E-state index contributed by atoms with van der Waals surface area (Å²) in [5.41, 5.74) is -0.111. The summed E-state index contributed by atoms with van der Waals surface area (Å²) in [4.78, 5) is 22.6. The van der Waals surface area contributed by atoms with E-state index in [1.807, 2.05) is 0 Å². The van der Waals surface area contributed by atoms with Crippen molar-refractivity contribution in [3.63, 3.8) is 0 Å². The third-order valence-electron chi connectivity index (χ3n) is 2.23. The molecular formula is C11H13NO5. The van der Waals surface area contributed by atoms with Gasteiger partial charge in [-0.3, -0.25) is 4.79 Å². The van der Waals surface area contributed by atoms with Crippen molar-refractivity contribution in [2.24, 2.45) is 0 Å². The highest BCUT2D eigenvalue weighted by Gasteiger charge is 2.20. The number of carbonyl (C=O) groups excluding carboxylic acids is 1. The van der Waals surface area contributed by atoms with Gasteiger partial charge in [-0.15, -0.1) is 0 Å². The van der Waals surface area contributed by atoms with Gasteiger partial charge in [-0.2, -0.15) is 0 Å². The molecule has 0 aliphatic rings. The van der Waals surface area contributed by atoms with E-state index in [9.17, 15) is 9.59 Å². The highest BCUT2D eigenvalue weighted by atomic mass is 16.5. The number of hydrogen-bond acceptors (Lipinski definition) is 4. The Morgan fingerprint density at radius 1 is 1.12 bits per heavy atom. The highest BCUT2D eigenvalue weighted by molar-refractivity contribution is 6.05. The van der Waals surface area contributed by atoms with Gasteiger partial charge in [0.1, 0.15) is 0 Å². The maximum Gasteiger partial charge on any atom is 0.336 e. The average molecular weight is 239 g/mol. The second kappa shape index (κ2) is 5.20. The Bertz CT molecular complexity index is 455. The van der Waals surface area contributed by atoms with Gasteiger partial charge in [0.15, 0.2) is 11.5 Å². The fourth-order valence-corrected chi connectivity index (χ4v) is 1.38. The molecule has 92 valence electrons. The molecule has 0 spiro atoms. The van der Waals surface area contributed by atoms with Gasteiger partial charge in [0.2, 0.25) is 0 Å². The lowest BCUT2D eigenvalue weighted by atomic mass is 10.1. The van der Waals surface area contributed by atoms with Crippen LogP contribution in [0.4, 0.5) is 0 Å². The summed E-state index contributed by atoms with van der Waals surface area (Å²) in [6, 6.07) is 2.59. The van der Waals surface area contributed by atoms with E-state index in [0.717, 1.165) is 0 Å². The van der Waals surface area contributed by atoms with E-state index in [1.165, 1.54) is 33.4 Å². The van der Waals surface area contributed by atoms with Gasteiger partial charge in [0.25, 0.3) is 5.91 Å². The van der Waals surface area contributed by atoms with Crippen LogP contribution in [0.25, 0.3) is 0 Å². The molecule has 0 saturated heterocycles. The molecule has 1 rings (SSSR count). The Kier molecular flexibility index (Phi) is 3.92. The van der Waals surface area contributed by atoms with Crippen LogP contribution in [0.1, 0.15) is 20.7 Å². The molecule has 6 heteroatoms. The molecule has 0 radical (unpaired) electrons. The lowest BCUT2D eigenvalue weighted by Crippen LogP contribution is -2.21. The molecule has 0 fully saturated rings. The van der Waals surface area contributed by atoms with E-state index >= 15 is 0 Å². The third kappa shape index (κ3) is 2.47. The number of aromatic carboxylic acids is 1. The van der Waals surface area contributed by atoms with Crippen molar-refractivity contribution >= 4 is 11.9 Å². The molecule has 17 heavy (non-hydrogen) atoms. The van der Waals surface area contributed by atoms with Crippen molar-refractivity contribution < 1.29 is 24.2 Å². The molecule has 6 nitrogen and oxygen atoms in total. The number of hydrogen-bond donors (Lipinski definition) is 2. The number of ether oxygens (including phenoxy) is 2. The van der Waals surface area contributed by atoms with Crippen LogP contribution in [0, 0.1) is 0 Å². The monoisotopic (exact) mass is 239 g/mol. The number of benzene rings is 1. The third-order valence-corrected chi connectivity index (χ3v) is 2.23. The number of carboxylic acid groups (broad SMARTS) is 1. The highest BCUT2D eigenvalue weighted by Crippen LogP contribution is 2.30. The van der Waals surface area contributed by atoms with E-state index in [4.69, 9.17) is 14.6 Å². The van der Waals surface area contributed by atoms with Crippen LogP contribution in [0.3, 0.4) is 0 Å². The molecule has 0 aromatic heterocycles. The molecule has 0 heterocycles. The minimum absolute atomic E-state index is 0.0256. The lowest BCUT2D eigenvalue weighted by Gasteiger charge is -2.11. The first-order chi connectivity index (χ1) is 8.04. The van der Waals surface area contributed by atoms with E-state index < -0.39 is 11.9 Å². The minimum atomic E-state index is -1.20. The van der Waals surface area contributed by atoms with Crippen molar-refractivity contribution in [1.82, 2.24) is 5.32 Å². The van der Waals surface area contributed by atoms with E-state index in [1.54, 1.807) is 0 Å². The summed E-state index contributed by atoms with van der Waals surface area (Å²) in [7, 11) is 4.22. The van der Waals surface area contributed by atoms with Crippen molar-refractivity contribution in [1.29, 1.82) is 0 Å².